The van der Waals surface area contributed by atoms with Crippen molar-refractivity contribution in [1.82, 2.24) is 6.15 Å². The number of unbranched alkanes of at least 4 members (excludes halogenated alkanes) is 9. The van der Waals surface area contributed by atoms with E-state index >= 15 is 0 Å². The van der Waals surface area contributed by atoms with Gasteiger partial charge in [0.05, 0.1) is 0 Å². The van der Waals surface area contributed by atoms with Gasteiger partial charge in [-0.15, -0.1) is 11.6 Å². The maximum atomic E-state index is 5.88. The highest BCUT2D eigenvalue weighted by Gasteiger charge is 2.01. The standard InChI is InChI=1S/C21H35Cl.H3N/c1-3-4-5-6-7-8-9-10-11-12-13-20-15-14-19(2)21(18-20)16-17-22;/h14-15,18H,3-13,16-17H2,1-2H3;1H3. The summed E-state index contributed by atoms with van der Waals surface area (Å²) in [6, 6.07) is 6.92. The maximum absolute atomic E-state index is 5.88. The highest BCUT2D eigenvalue weighted by atomic mass is 35.5. The molecule has 0 bridgehead atoms. The average Bonchev–Trinajstić information content (AvgIpc) is 2.52. The lowest BCUT2D eigenvalue weighted by atomic mass is 9.99. The fourth-order valence-corrected chi connectivity index (χ4v) is 3.27. The van der Waals surface area contributed by atoms with E-state index in [1.165, 1.54) is 87.3 Å². The molecule has 0 aliphatic rings. The van der Waals surface area contributed by atoms with Crippen molar-refractivity contribution in [2.24, 2.45) is 0 Å². The Kier molecular flexibility index (Phi) is 14.7. The van der Waals surface area contributed by atoms with Crippen molar-refractivity contribution in [2.45, 2.75) is 90.9 Å². The van der Waals surface area contributed by atoms with Crippen molar-refractivity contribution < 1.29 is 0 Å². The summed E-state index contributed by atoms with van der Waals surface area (Å²) < 4.78 is 0. The van der Waals surface area contributed by atoms with Crippen molar-refractivity contribution in [1.29, 1.82) is 0 Å². The van der Waals surface area contributed by atoms with Crippen LogP contribution in [0, 0.1) is 6.92 Å². The Labute approximate surface area is 149 Å². The van der Waals surface area contributed by atoms with Crippen molar-refractivity contribution >= 4 is 11.6 Å². The molecule has 1 rings (SSSR count). The Hall–Kier alpha value is -0.530. The van der Waals surface area contributed by atoms with Crippen molar-refractivity contribution in [2.75, 3.05) is 5.88 Å². The van der Waals surface area contributed by atoms with Gasteiger partial charge in [0.1, 0.15) is 0 Å². The van der Waals surface area contributed by atoms with Crippen LogP contribution >= 0.6 is 11.6 Å². The summed E-state index contributed by atoms with van der Waals surface area (Å²) in [7, 11) is 0. The molecule has 1 aromatic carbocycles. The van der Waals surface area contributed by atoms with Gasteiger partial charge in [0, 0.05) is 5.88 Å². The predicted octanol–water partition coefficient (Wildman–Crippen LogP) is 7.40. The van der Waals surface area contributed by atoms with Gasteiger partial charge < -0.3 is 6.15 Å². The van der Waals surface area contributed by atoms with Crippen LogP contribution in [0.5, 0.6) is 0 Å². The molecule has 0 aliphatic heterocycles. The Morgan fingerprint density at radius 1 is 0.783 bits per heavy atom. The molecular weight excluding hydrogens is 302 g/mol. The summed E-state index contributed by atoms with van der Waals surface area (Å²) >= 11 is 5.88. The Morgan fingerprint density at radius 3 is 1.91 bits per heavy atom. The molecule has 1 aromatic rings. The molecule has 0 heterocycles. The molecule has 134 valence electrons. The van der Waals surface area contributed by atoms with E-state index in [-0.39, 0.29) is 6.15 Å². The molecule has 2 heteroatoms. The smallest absolute Gasteiger partial charge is 0.0264 e. The van der Waals surface area contributed by atoms with E-state index in [9.17, 15) is 0 Å². The maximum Gasteiger partial charge on any atom is 0.0264 e. The van der Waals surface area contributed by atoms with Gasteiger partial charge in [-0.05, 0) is 42.9 Å². The number of hydrogen-bond acceptors (Lipinski definition) is 1. The van der Waals surface area contributed by atoms with Gasteiger partial charge in [0.15, 0.2) is 0 Å². The molecule has 0 atom stereocenters. The molecule has 0 fully saturated rings. The number of rotatable bonds is 13. The molecule has 0 amide bonds. The molecular formula is C21H38ClN. The minimum atomic E-state index is 0. The van der Waals surface area contributed by atoms with Gasteiger partial charge in [-0.3, -0.25) is 0 Å². The monoisotopic (exact) mass is 339 g/mol. The second-order valence-electron chi connectivity index (χ2n) is 6.63. The topological polar surface area (TPSA) is 35.0 Å². The Bertz CT molecular complexity index is 389. The SMILES string of the molecule is CCCCCCCCCCCCc1ccc(C)c(CCCl)c1.N. The van der Waals surface area contributed by atoms with E-state index in [0.29, 0.717) is 0 Å². The first-order valence-electron chi connectivity index (χ1n) is 9.42. The number of halogens is 1. The second-order valence-corrected chi connectivity index (χ2v) is 7.01. The van der Waals surface area contributed by atoms with Crippen LogP contribution in [0.1, 0.15) is 87.8 Å². The first kappa shape index (κ1) is 22.5. The molecule has 0 aliphatic carbocycles. The first-order chi connectivity index (χ1) is 10.8. The van der Waals surface area contributed by atoms with Crippen LogP contribution in [0.4, 0.5) is 0 Å². The number of benzene rings is 1. The van der Waals surface area contributed by atoms with E-state index in [1.54, 1.807) is 0 Å². The van der Waals surface area contributed by atoms with E-state index in [2.05, 4.69) is 32.0 Å². The third kappa shape index (κ3) is 10.8. The summed E-state index contributed by atoms with van der Waals surface area (Å²) in [5.74, 6) is 0.725. The summed E-state index contributed by atoms with van der Waals surface area (Å²) in [5, 5.41) is 0. The zero-order chi connectivity index (χ0) is 16.0. The summed E-state index contributed by atoms with van der Waals surface area (Å²) in [4.78, 5) is 0. The molecule has 0 saturated carbocycles. The van der Waals surface area contributed by atoms with Gasteiger partial charge in [-0.1, -0.05) is 82.9 Å². The van der Waals surface area contributed by atoms with E-state index in [1.807, 2.05) is 0 Å². The number of hydrogen-bond donors (Lipinski definition) is 1. The minimum Gasteiger partial charge on any atom is -0.344 e. The molecule has 0 spiro atoms. The Morgan fingerprint density at radius 2 is 1.35 bits per heavy atom. The van der Waals surface area contributed by atoms with Crippen LogP contribution in [0.2, 0.25) is 0 Å². The summed E-state index contributed by atoms with van der Waals surface area (Å²) in [6.07, 6.45) is 16.3. The lowest BCUT2D eigenvalue weighted by Crippen LogP contribution is -1.94. The third-order valence-corrected chi connectivity index (χ3v) is 4.79. The van der Waals surface area contributed by atoms with Crippen molar-refractivity contribution in [3.05, 3.63) is 34.9 Å². The quantitative estimate of drug-likeness (QED) is 0.295. The number of aryl methyl sites for hydroxylation is 3. The second kappa shape index (κ2) is 15.0. The fourth-order valence-electron chi connectivity index (χ4n) is 3.07. The van der Waals surface area contributed by atoms with Gasteiger partial charge in [-0.2, -0.15) is 0 Å². The Balaban J connectivity index is 0.00000484. The fraction of sp³-hybridized carbons (Fsp3) is 0.714. The lowest BCUT2D eigenvalue weighted by Gasteiger charge is -2.08. The van der Waals surface area contributed by atoms with Gasteiger partial charge in [0.2, 0.25) is 0 Å². The highest BCUT2D eigenvalue weighted by molar-refractivity contribution is 6.18. The van der Waals surface area contributed by atoms with Crippen LogP contribution in [-0.2, 0) is 12.8 Å². The average molecular weight is 340 g/mol. The van der Waals surface area contributed by atoms with Crippen LogP contribution in [0.25, 0.3) is 0 Å². The highest BCUT2D eigenvalue weighted by Crippen LogP contribution is 2.16. The van der Waals surface area contributed by atoms with Crippen LogP contribution in [-0.4, -0.2) is 5.88 Å². The third-order valence-electron chi connectivity index (χ3n) is 4.60. The minimum absolute atomic E-state index is 0. The molecule has 0 aromatic heterocycles. The van der Waals surface area contributed by atoms with Gasteiger partial charge in [0.25, 0.3) is 0 Å². The zero-order valence-electron chi connectivity index (χ0n) is 15.5. The van der Waals surface area contributed by atoms with Crippen LogP contribution in [0.15, 0.2) is 18.2 Å². The van der Waals surface area contributed by atoms with Crippen LogP contribution < -0.4 is 6.15 Å². The predicted molar refractivity (Wildman–Crippen MR) is 106 cm³/mol. The number of alkyl halides is 1. The first-order valence-corrected chi connectivity index (χ1v) is 9.95. The summed E-state index contributed by atoms with van der Waals surface area (Å²) in [6.45, 7) is 4.47. The molecule has 0 saturated heterocycles. The molecule has 3 N–H and O–H groups in total. The normalized spacial score (nSPS) is 10.6. The summed E-state index contributed by atoms with van der Waals surface area (Å²) in [5.41, 5.74) is 4.30. The van der Waals surface area contributed by atoms with E-state index in [4.69, 9.17) is 11.6 Å². The van der Waals surface area contributed by atoms with E-state index in [0.717, 1.165) is 12.3 Å². The zero-order valence-corrected chi connectivity index (χ0v) is 16.3. The van der Waals surface area contributed by atoms with Gasteiger partial charge >= 0.3 is 0 Å². The lowest BCUT2D eigenvalue weighted by molar-refractivity contribution is 0.556. The molecule has 0 radical (unpaired) electrons. The molecule has 23 heavy (non-hydrogen) atoms. The molecule has 1 nitrogen and oxygen atoms in total. The molecule has 0 unspecified atom stereocenters. The van der Waals surface area contributed by atoms with Crippen LogP contribution in [0.3, 0.4) is 0 Å². The van der Waals surface area contributed by atoms with Crippen molar-refractivity contribution in [3.63, 3.8) is 0 Å². The van der Waals surface area contributed by atoms with E-state index < -0.39 is 0 Å². The largest absolute Gasteiger partial charge is 0.344 e. The van der Waals surface area contributed by atoms with Gasteiger partial charge in [-0.25, -0.2) is 0 Å². The van der Waals surface area contributed by atoms with Crippen molar-refractivity contribution in [3.8, 4) is 0 Å².